The molecule has 1 saturated heterocycles. The maximum absolute atomic E-state index is 13.3. The largest absolute Gasteiger partial charge is 0.322 e. The SMILES string of the molecule is CC1=C[C@H]2C[C@H]1[C@H]1C(=O)N(c3ccccc3C(=O)Nc3cc(C)cc(C)c3)C(=O)[C@H]12. The molecule has 2 aromatic rings. The molecule has 0 aromatic heterocycles. The first-order valence-electron chi connectivity index (χ1n) is 10.4. The minimum Gasteiger partial charge on any atom is -0.322 e. The Morgan fingerprint density at radius 2 is 1.63 bits per heavy atom. The summed E-state index contributed by atoms with van der Waals surface area (Å²) in [6.45, 7) is 6.00. The number of nitrogens with one attached hydrogen (secondary N) is 1. The minimum atomic E-state index is -0.328. The fourth-order valence-electron chi connectivity index (χ4n) is 5.62. The first-order valence-corrected chi connectivity index (χ1v) is 10.4. The average Bonchev–Trinajstić information content (AvgIpc) is 3.31. The lowest BCUT2D eigenvalue weighted by Crippen LogP contribution is -2.34. The van der Waals surface area contributed by atoms with E-state index >= 15 is 0 Å². The first-order chi connectivity index (χ1) is 14.3. The number of imide groups is 1. The Kier molecular flexibility index (Phi) is 4.17. The van der Waals surface area contributed by atoms with E-state index in [9.17, 15) is 14.4 Å². The maximum atomic E-state index is 13.3. The minimum absolute atomic E-state index is 0.137. The molecule has 30 heavy (non-hydrogen) atoms. The van der Waals surface area contributed by atoms with Crippen molar-refractivity contribution in [3.8, 4) is 0 Å². The van der Waals surface area contributed by atoms with Crippen LogP contribution in [0.1, 0.15) is 34.8 Å². The van der Waals surface area contributed by atoms with Crippen molar-refractivity contribution >= 4 is 29.1 Å². The second kappa shape index (κ2) is 6.66. The van der Waals surface area contributed by atoms with Crippen LogP contribution in [0, 0.1) is 37.5 Å². The summed E-state index contributed by atoms with van der Waals surface area (Å²) in [5.41, 5.74) is 4.71. The molecule has 3 amide bonds. The number of allylic oxidation sites excluding steroid dienone is 2. The second-order valence-electron chi connectivity index (χ2n) is 8.83. The third kappa shape index (κ3) is 2.72. The molecular formula is C25H24N2O3. The summed E-state index contributed by atoms with van der Waals surface area (Å²) in [7, 11) is 0. The van der Waals surface area contributed by atoms with E-state index in [0.717, 1.165) is 17.5 Å². The van der Waals surface area contributed by atoms with Crippen LogP contribution in [0.5, 0.6) is 0 Å². The standard InChI is InChI=1S/C25H24N2O3/c1-13-8-14(2)10-17(9-13)26-23(28)18-6-4-5-7-20(18)27-24(29)21-16-11-15(3)19(12-16)22(21)25(27)30/h4-11,16,19,21-22H,12H2,1-3H3,(H,26,28)/t16-,19+,21-,22+/m0/s1. The summed E-state index contributed by atoms with van der Waals surface area (Å²) in [5, 5.41) is 2.92. The van der Waals surface area contributed by atoms with Crippen LogP contribution in [0.2, 0.25) is 0 Å². The Balaban J connectivity index is 1.48. The molecule has 5 heteroatoms. The molecule has 2 bridgehead atoms. The highest BCUT2D eigenvalue weighted by Gasteiger charge is 2.61. The van der Waals surface area contributed by atoms with E-state index in [2.05, 4.69) is 11.4 Å². The summed E-state index contributed by atoms with van der Waals surface area (Å²) in [6.07, 6.45) is 3.04. The molecule has 1 N–H and O–H groups in total. The number of fused-ring (bicyclic) bond motifs is 5. The zero-order chi connectivity index (χ0) is 21.2. The van der Waals surface area contributed by atoms with Crippen LogP contribution in [0.25, 0.3) is 0 Å². The average molecular weight is 400 g/mol. The monoisotopic (exact) mass is 400 g/mol. The van der Waals surface area contributed by atoms with Gasteiger partial charge in [0.25, 0.3) is 5.91 Å². The van der Waals surface area contributed by atoms with Crippen LogP contribution >= 0.6 is 0 Å². The number of hydrogen-bond acceptors (Lipinski definition) is 3. The Bertz CT molecular complexity index is 1110. The molecule has 1 aliphatic heterocycles. The van der Waals surface area contributed by atoms with Crippen molar-refractivity contribution in [3.63, 3.8) is 0 Å². The Labute approximate surface area is 175 Å². The lowest BCUT2D eigenvalue weighted by atomic mass is 9.82. The van der Waals surface area contributed by atoms with Crippen molar-refractivity contribution in [2.24, 2.45) is 23.7 Å². The summed E-state index contributed by atoms with van der Waals surface area (Å²) in [6, 6.07) is 12.7. The van der Waals surface area contributed by atoms with Gasteiger partial charge in [-0.1, -0.05) is 29.8 Å². The van der Waals surface area contributed by atoms with Crippen molar-refractivity contribution in [3.05, 3.63) is 70.8 Å². The zero-order valence-corrected chi connectivity index (χ0v) is 17.3. The summed E-state index contributed by atoms with van der Waals surface area (Å²) in [4.78, 5) is 40.9. The number of carbonyl (C=O) groups excluding carboxylic acids is 3. The number of para-hydroxylation sites is 1. The van der Waals surface area contributed by atoms with Crippen molar-refractivity contribution < 1.29 is 14.4 Å². The predicted octanol–water partition coefficient (Wildman–Crippen LogP) is 4.26. The van der Waals surface area contributed by atoms with Crippen LogP contribution in [-0.4, -0.2) is 17.7 Å². The number of rotatable bonds is 3. The highest BCUT2D eigenvalue weighted by atomic mass is 16.2. The molecular weight excluding hydrogens is 376 g/mol. The molecule has 0 radical (unpaired) electrons. The van der Waals surface area contributed by atoms with Gasteiger partial charge in [-0.25, -0.2) is 4.90 Å². The summed E-state index contributed by atoms with van der Waals surface area (Å²) < 4.78 is 0. The fourth-order valence-corrected chi connectivity index (χ4v) is 5.62. The molecule has 1 heterocycles. The van der Waals surface area contributed by atoms with Gasteiger partial charge in [0.1, 0.15) is 0 Å². The van der Waals surface area contributed by atoms with Gasteiger partial charge in [-0.05, 0) is 74.4 Å². The van der Waals surface area contributed by atoms with Crippen LogP contribution in [0.4, 0.5) is 11.4 Å². The van der Waals surface area contributed by atoms with E-state index in [1.807, 2.05) is 39.0 Å². The molecule has 5 nitrogen and oxygen atoms in total. The van der Waals surface area contributed by atoms with Crippen molar-refractivity contribution in [1.29, 1.82) is 0 Å². The van der Waals surface area contributed by atoms with Gasteiger partial charge in [0.2, 0.25) is 11.8 Å². The van der Waals surface area contributed by atoms with E-state index in [1.165, 1.54) is 10.5 Å². The molecule has 4 atom stereocenters. The summed E-state index contributed by atoms with van der Waals surface area (Å²) in [5.74, 6) is -0.963. The smallest absolute Gasteiger partial charge is 0.257 e. The molecule has 2 aromatic carbocycles. The number of amides is 3. The lowest BCUT2D eigenvalue weighted by molar-refractivity contribution is -0.123. The van der Waals surface area contributed by atoms with E-state index in [0.29, 0.717) is 16.9 Å². The predicted molar refractivity (Wildman–Crippen MR) is 115 cm³/mol. The van der Waals surface area contributed by atoms with Crippen LogP contribution in [0.15, 0.2) is 54.1 Å². The molecule has 152 valence electrons. The molecule has 2 fully saturated rings. The van der Waals surface area contributed by atoms with Gasteiger partial charge in [0.05, 0.1) is 23.1 Å². The van der Waals surface area contributed by atoms with E-state index < -0.39 is 0 Å². The van der Waals surface area contributed by atoms with Gasteiger partial charge in [-0.3, -0.25) is 14.4 Å². The van der Waals surface area contributed by atoms with E-state index in [4.69, 9.17) is 0 Å². The van der Waals surface area contributed by atoms with E-state index in [-0.39, 0.29) is 41.4 Å². The number of benzene rings is 2. The van der Waals surface area contributed by atoms with Crippen molar-refractivity contribution in [1.82, 2.24) is 0 Å². The Morgan fingerprint density at radius 1 is 0.967 bits per heavy atom. The first kappa shape index (κ1) is 18.8. The van der Waals surface area contributed by atoms with Crippen LogP contribution < -0.4 is 10.2 Å². The highest BCUT2D eigenvalue weighted by molar-refractivity contribution is 6.25. The molecule has 3 aliphatic rings. The Morgan fingerprint density at radius 3 is 2.37 bits per heavy atom. The van der Waals surface area contributed by atoms with Gasteiger partial charge in [-0.2, -0.15) is 0 Å². The van der Waals surface area contributed by atoms with Crippen LogP contribution in [0.3, 0.4) is 0 Å². The van der Waals surface area contributed by atoms with Crippen molar-refractivity contribution in [2.75, 3.05) is 10.2 Å². The van der Waals surface area contributed by atoms with Crippen LogP contribution in [-0.2, 0) is 9.59 Å². The van der Waals surface area contributed by atoms with Crippen molar-refractivity contribution in [2.45, 2.75) is 27.2 Å². The van der Waals surface area contributed by atoms with E-state index in [1.54, 1.807) is 24.3 Å². The second-order valence-corrected chi connectivity index (χ2v) is 8.83. The summed E-state index contributed by atoms with van der Waals surface area (Å²) >= 11 is 0. The number of anilines is 2. The normalized spacial score (nSPS) is 26.8. The number of aryl methyl sites for hydroxylation is 2. The molecule has 1 saturated carbocycles. The number of hydrogen-bond donors (Lipinski definition) is 1. The quantitative estimate of drug-likeness (QED) is 0.618. The molecule has 2 aliphatic carbocycles. The van der Waals surface area contributed by atoms with Gasteiger partial charge in [0, 0.05) is 5.69 Å². The fraction of sp³-hybridized carbons (Fsp3) is 0.320. The molecule has 0 unspecified atom stereocenters. The third-order valence-electron chi connectivity index (χ3n) is 6.75. The van der Waals surface area contributed by atoms with Gasteiger partial charge >= 0.3 is 0 Å². The van der Waals surface area contributed by atoms with Gasteiger partial charge in [0.15, 0.2) is 0 Å². The highest BCUT2D eigenvalue weighted by Crippen LogP contribution is 2.56. The Hall–Kier alpha value is -3.21. The lowest BCUT2D eigenvalue weighted by Gasteiger charge is -2.20. The maximum Gasteiger partial charge on any atom is 0.257 e. The zero-order valence-electron chi connectivity index (χ0n) is 17.3. The third-order valence-corrected chi connectivity index (χ3v) is 6.75. The van der Waals surface area contributed by atoms with Gasteiger partial charge < -0.3 is 5.32 Å². The molecule has 5 rings (SSSR count). The molecule has 0 spiro atoms. The number of nitrogens with zero attached hydrogens (tertiary/aromatic N) is 1. The topological polar surface area (TPSA) is 66.5 Å². The van der Waals surface area contributed by atoms with Gasteiger partial charge in [-0.15, -0.1) is 0 Å². The number of carbonyl (C=O) groups is 3.